The lowest BCUT2D eigenvalue weighted by molar-refractivity contribution is -0.563. The van der Waals surface area contributed by atoms with Gasteiger partial charge in [0.1, 0.15) is 11.4 Å². The largest absolute Gasteiger partial charge is 1.00 e. The summed E-state index contributed by atoms with van der Waals surface area (Å²) in [6.07, 6.45) is 0. The first kappa shape index (κ1) is 21.7. The van der Waals surface area contributed by atoms with Gasteiger partial charge in [-0.3, -0.25) is 0 Å². The highest BCUT2D eigenvalue weighted by atomic mass is 35.5. The topological polar surface area (TPSA) is 15.9 Å². The van der Waals surface area contributed by atoms with E-state index in [0.717, 1.165) is 27.8 Å². The molecule has 0 aliphatic heterocycles. The molecule has 2 nitrogen and oxygen atoms in total. The van der Waals surface area contributed by atoms with E-state index in [1.807, 2.05) is 12.1 Å². The summed E-state index contributed by atoms with van der Waals surface area (Å²) in [5.74, 6) is 0. The Labute approximate surface area is 191 Å². The normalized spacial score (nSPS) is 10.5. The van der Waals surface area contributed by atoms with Gasteiger partial charge in [0, 0.05) is 16.0 Å². The third kappa shape index (κ3) is 4.76. The molecule has 0 aliphatic carbocycles. The van der Waals surface area contributed by atoms with Crippen molar-refractivity contribution in [2.24, 2.45) is 0 Å². The number of anilines is 2. The molecule has 0 aliphatic rings. The van der Waals surface area contributed by atoms with Gasteiger partial charge in [0.25, 0.3) is 0 Å². The minimum atomic E-state index is 0. The molecule has 0 spiro atoms. The highest BCUT2D eigenvalue weighted by Gasteiger charge is 2.23. The second-order valence-corrected chi connectivity index (χ2v) is 8.42. The number of nitrogens with one attached hydrogen (secondary N) is 1. The van der Waals surface area contributed by atoms with Crippen molar-refractivity contribution in [3.63, 3.8) is 0 Å². The summed E-state index contributed by atoms with van der Waals surface area (Å²) in [4.78, 5) is 0. The van der Waals surface area contributed by atoms with Gasteiger partial charge in [0.15, 0.2) is 5.69 Å². The van der Waals surface area contributed by atoms with Gasteiger partial charge < -0.3 is 12.4 Å². The smallest absolute Gasteiger partial charge is 0.344 e. The predicted molar refractivity (Wildman–Crippen MR) is 121 cm³/mol. The molecule has 1 heterocycles. The molecule has 0 fully saturated rings. The molecule has 6 heteroatoms. The van der Waals surface area contributed by atoms with E-state index < -0.39 is 0 Å². The van der Waals surface area contributed by atoms with Crippen molar-refractivity contribution in [2.45, 2.75) is 13.8 Å². The molecule has 0 amide bonds. The van der Waals surface area contributed by atoms with E-state index in [9.17, 15) is 0 Å². The first-order valence-corrected chi connectivity index (χ1v) is 10.5. The molecule has 0 atom stereocenters. The van der Waals surface area contributed by atoms with Gasteiger partial charge in [-0.15, -0.1) is 0 Å². The lowest BCUT2D eigenvalue weighted by atomic mass is 10.1. The number of thiazole rings is 1. The maximum Gasteiger partial charge on any atom is 0.344 e. The molecule has 0 saturated heterocycles. The molecule has 148 valence electrons. The van der Waals surface area contributed by atoms with Crippen LogP contribution in [-0.2, 0) is 0 Å². The number of aryl methyl sites for hydroxylation is 2. The van der Waals surface area contributed by atoms with E-state index in [2.05, 4.69) is 77.6 Å². The van der Waals surface area contributed by atoms with Gasteiger partial charge >= 0.3 is 5.13 Å². The molecule has 3 aromatic carbocycles. The van der Waals surface area contributed by atoms with Crippen LogP contribution in [0.1, 0.15) is 11.1 Å². The molecular formula is C23H19Cl3N2S. The minimum absolute atomic E-state index is 0. The summed E-state index contributed by atoms with van der Waals surface area (Å²) < 4.78 is 2.20. The standard InChI is InChI=1S/C23H18Cl2N2S.ClH/c1-15-5-3-7-18(11-15)26-23-27(19-8-4-6-16(2)12-19)22(14-28-23)20-10-9-17(24)13-21(20)25;/h3-14H,1-2H3;1H. The fraction of sp³-hybridized carbons (Fsp3) is 0.0870. The maximum atomic E-state index is 6.53. The van der Waals surface area contributed by atoms with E-state index in [4.69, 9.17) is 23.2 Å². The number of aromatic nitrogens is 1. The molecule has 4 rings (SSSR count). The van der Waals surface area contributed by atoms with E-state index in [-0.39, 0.29) is 12.4 Å². The van der Waals surface area contributed by atoms with E-state index >= 15 is 0 Å². The minimum Gasteiger partial charge on any atom is -1.00 e. The highest BCUT2D eigenvalue weighted by molar-refractivity contribution is 7.13. The van der Waals surface area contributed by atoms with Crippen LogP contribution in [0.3, 0.4) is 0 Å². The highest BCUT2D eigenvalue weighted by Crippen LogP contribution is 2.33. The van der Waals surface area contributed by atoms with Crippen LogP contribution in [0.5, 0.6) is 0 Å². The Morgan fingerprint density at radius 1 is 0.862 bits per heavy atom. The third-order valence-corrected chi connectivity index (χ3v) is 5.86. The molecule has 29 heavy (non-hydrogen) atoms. The zero-order chi connectivity index (χ0) is 19.7. The first-order chi connectivity index (χ1) is 13.5. The lowest BCUT2D eigenvalue weighted by Crippen LogP contribution is -3.00. The number of hydrogen-bond acceptors (Lipinski definition) is 2. The van der Waals surface area contributed by atoms with Gasteiger partial charge in [-0.05, 0) is 67.4 Å². The Bertz CT molecular complexity index is 1150. The summed E-state index contributed by atoms with van der Waals surface area (Å²) in [6, 6.07) is 22.4. The molecule has 0 radical (unpaired) electrons. The Kier molecular flexibility index (Phi) is 6.86. The van der Waals surface area contributed by atoms with Gasteiger partial charge in [-0.25, -0.2) is 5.32 Å². The summed E-state index contributed by atoms with van der Waals surface area (Å²) in [6.45, 7) is 4.19. The molecule has 1 N–H and O–H groups in total. The number of nitrogens with zero attached hydrogens (tertiary/aromatic N) is 1. The Morgan fingerprint density at radius 2 is 1.59 bits per heavy atom. The summed E-state index contributed by atoms with van der Waals surface area (Å²) in [5.41, 5.74) is 6.51. The number of rotatable bonds is 4. The first-order valence-electron chi connectivity index (χ1n) is 8.91. The fourth-order valence-electron chi connectivity index (χ4n) is 3.16. The summed E-state index contributed by atoms with van der Waals surface area (Å²) >= 11 is 14.3. The van der Waals surface area contributed by atoms with Crippen LogP contribution < -0.4 is 22.3 Å². The van der Waals surface area contributed by atoms with Crippen molar-refractivity contribution in [1.29, 1.82) is 0 Å². The Morgan fingerprint density at radius 3 is 2.28 bits per heavy atom. The number of halogens is 3. The Balaban J connectivity index is 0.00000240. The van der Waals surface area contributed by atoms with Crippen LogP contribution >= 0.6 is 34.5 Å². The quantitative estimate of drug-likeness (QED) is 0.446. The second kappa shape index (κ2) is 9.19. The van der Waals surface area contributed by atoms with Crippen LogP contribution in [0.2, 0.25) is 10.0 Å². The predicted octanol–water partition coefficient (Wildman–Crippen LogP) is 4.36. The van der Waals surface area contributed by atoms with Crippen molar-refractivity contribution in [2.75, 3.05) is 5.32 Å². The van der Waals surface area contributed by atoms with Crippen molar-refractivity contribution in [3.8, 4) is 16.9 Å². The van der Waals surface area contributed by atoms with Crippen molar-refractivity contribution in [3.05, 3.63) is 93.3 Å². The van der Waals surface area contributed by atoms with Gasteiger partial charge in [0.2, 0.25) is 0 Å². The van der Waals surface area contributed by atoms with E-state index in [1.54, 1.807) is 17.4 Å². The van der Waals surface area contributed by atoms with Crippen LogP contribution in [0.4, 0.5) is 10.8 Å². The molecule has 0 bridgehead atoms. The van der Waals surface area contributed by atoms with Crippen LogP contribution in [0.15, 0.2) is 72.1 Å². The molecule has 1 aromatic heterocycles. The molecule has 0 unspecified atom stereocenters. The van der Waals surface area contributed by atoms with Gasteiger partial charge in [-0.1, -0.05) is 58.8 Å². The number of benzene rings is 3. The monoisotopic (exact) mass is 460 g/mol. The average Bonchev–Trinajstić information content (AvgIpc) is 3.05. The summed E-state index contributed by atoms with van der Waals surface area (Å²) in [7, 11) is 0. The average molecular weight is 462 g/mol. The zero-order valence-electron chi connectivity index (χ0n) is 15.9. The van der Waals surface area contributed by atoms with Crippen molar-refractivity contribution < 1.29 is 17.0 Å². The molecule has 0 saturated carbocycles. The fourth-order valence-corrected chi connectivity index (χ4v) is 4.61. The van der Waals surface area contributed by atoms with Gasteiger partial charge in [-0.2, -0.15) is 4.57 Å². The molecule has 4 aromatic rings. The Hall–Kier alpha value is -2.04. The van der Waals surface area contributed by atoms with Crippen molar-refractivity contribution in [1.82, 2.24) is 0 Å². The SMILES string of the molecule is Cc1cccc(Nc2scc(-c3ccc(Cl)cc3Cl)[n+]2-c2cccc(C)c2)c1.[Cl-]. The van der Waals surface area contributed by atoms with Crippen LogP contribution in [-0.4, -0.2) is 0 Å². The van der Waals surface area contributed by atoms with Gasteiger partial charge in [0.05, 0.1) is 5.02 Å². The van der Waals surface area contributed by atoms with Crippen molar-refractivity contribution >= 4 is 45.4 Å². The summed E-state index contributed by atoms with van der Waals surface area (Å²) in [5, 5.41) is 7.96. The number of hydrogen-bond donors (Lipinski definition) is 1. The second-order valence-electron chi connectivity index (χ2n) is 6.72. The maximum absolute atomic E-state index is 6.53. The van der Waals surface area contributed by atoms with Crippen LogP contribution in [0, 0.1) is 13.8 Å². The van der Waals surface area contributed by atoms with Crippen LogP contribution in [0.25, 0.3) is 16.9 Å². The molecular weight excluding hydrogens is 443 g/mol. The van der Waals surface area contributed by atoms with E-state index in [1.165, 1.54) is 11.1 Å². The zero-order valence-corrected chi connectivity index (χ0v) is 19.0. The third-order valence-electron chi connectivity index (χ3n) is 4.46. The van der Waals surface area contributed by atoms with E-state index in [0.29, 0.717) is 10.0 Å². The lowest BCUT2D eigenvalue weighted by Gasteiger charge is -2.08.